The van der Waals surface area contributed by atoms with Gasteiger partial charge in [0.05, 0.1) is 0 Å². The third-order valence-corrected chi connectivity index (χ3v) is 4.49. The molecule has 0 aliphatic heterocycles. The average molecular weight is 270 g/mol. The van der Waals surface area contributed by atoms with Crippen LogP contribution in [0.5, 0.6) is 0 Å². The summed E-state index contributed by atoms with van der Waals surface area (Å²) in [5.41, 5.74) is 11.0. The summed E-state index contributed by atoms with van der Waals surface area (Å²) >= 11 is 0. The van der Waals surface area contributed by atoms with Gasteiger partial charge in [-0.05, 0) is 65.3 Å². The maximum atomic E-state index is 2.36. The molecule has 0 unspecified atom stereocenters. The molecule has 0 heteroatoms. The fraction of sp³-hybridized carbons (Fsp3) is 0.143. The summed E-state index contributed by atoms with van der Waals surface area (Å²) in [7, 11) is 0. The smallest absolute Gasteiger partial charge is 0.00134 e. The van der Waals surface area contributed by atoms with E-state index in [-0.39, 0.29) is 0 Å². The first-order valence-electron chi connectivity index (χ1n) is 7.51. The highest BCUT2D eigenvalue weighted by molar-refractivity contribution is 5.82. The van der Waals surface area contributed by atoms with Gasteiger partial charge in [-0.3, -0.25) is 0 Å². The van der Waals surface area contributed by atoms with Gasteiger partial charge < -0.3 is 0 Å². The van der Waals surface area contributed by atoms with E-state index in [1.54, 1.807) is 0 Å². The Kier molecular flexibility index (Phi) is 2.71. The lowest BCUT2D eigenvalue weighted by molar-refractivity contribution is 1.26. The maximum Gasteiger partial charge on any atom is -0.00134 e. The van der Waals surface area contributed by atoms with E-state index in [1.165, 1.54) is 44.5 Å². The number of hydrogen-bond donors (Lipinski definition) is 0. The highest BCUT2D eigenvalue weighted by Crippen LogP contribution is 2.39. The number of hydrogen-bond acceptors (Lipinski definition) is 0. The van der Waals surface area contributed by atoms with E-state index in [0.29, 0.717) is 0 Å². The second-order valence-electron chi connectivity index (χ2n) is 6.02. The summed E-state index contributed by atoms with van der Waals surface area (Å²) in [6, 6.07) is 22.4. The Bertz CT molecular complexity index is 840. The molecule has 0 heterocycles. The topological polar surface area (TPSA) is 0 Å². The van der Waals surface area contributed by atoms with Crippen molar-refractivity contribution in [3.05, 3.63) is 82.9 Å². The van der Waals surface area contributed by atoms with E-state index in [2.05, 4.69) is 74.5 Å². The van der Waals surface area contributed by atoms with Crippen LogP contribution in [0.15, 0.2) is 60.7 Å². The predicted molar refractivity (Wildman–Crippen MR) is 89.6 cm³/mol. The summed E-state index contributed by atoms with van der Waals surface area (Å²) in [5.74, 6) is 0. The first-order valence-corrected chi connectivity index (χ1v) is 7.51. The molecule has 4 rings (SSSR count). The molecule has 0 fully saturated rings. The minimum atomic E-state index is 1.07. The van der Waals surface area contributed by atoms with Crippen molar-refractivity contribution in [2.45, 2.75) is 20.3 Å². The Balaban J connectivity index is 1.88. The molecule has 0 bridgehead atoms. The molecular formula is C21H18. The lowest BCUT2D eigenvalue weighted by atomic mass is 9.95. The first kappa shape index (κ1) is 12.4. The molecule has 1 aliphatic carbocycles. The highest BCUT2D eigenvalue weighted by atomic mass is 14.2. The fourth-order valence-corrected chi connectivity index (χ4v) is 3.43. The molecule has 0 saturated heterocycles. The van der Waals surface area contributed by atoms with Crippen molar-refractivity contribution in [2.75, 3.05) is 0 Å². The van der Waals surface area contributed by atoms with Gasteiger partial charge in [0.15, 0.2) is 0 Å². The summed E-state index contributed by atoms with van der Waals surface area (Å²) in [6.45, 7) is 4.35. The van der Waals surface area contributed by atoms with Gasteiger partial charge in [-0.2, -0.15) is 0 Å². The highest BCUT2D eigenvalue weighted by Gasteiger charge is 2.18. The van der Waals surface area contributed by atoms with Crippen LogP contribution in [0.4, 0.5) is 0 Å². The van der Waals surface area contributed by atoms with E-state index in [4.69, 9.17) is 0 Å². The Morgan fingerprint density at radius 2 is 1.48 bits per heavy atom. The second kappa shape index (κ2) is 4.60. The van der Waals surface area contributed by atoms with Crippen LogP contribution in [0.2, 0.25) is 0 Å². The number of rotatable bonds is 1. The van der Waals surface area contributed by atoms with Crippen LogP contribution in [0, 0.1) is 13.8 Å². The summed E-state index contributed by atoms with van der Waals surface area (Å²) < 4.78 is 0. The van der Waals surface area contributed by atoms with Gasteiger partial charge in [-0.15, -0.1) is 0 Å². The quantitative estimate of drug-likeness (QED) is 0.426. The monoisotopic (exact) mass is 270 g/mol. The molecule has 0 amide bonds. The fourth-order valence-electron chi connectivity index (χ4n) is 3.43. The van der Waals surface area contributed by atoms with Crippen molar-refractivity contribution in [3.63, 3.8) is 0 Å². The van der Waals surface area contributed by atoms with E-state index < -0.39 is 0 Å². The number of benzene rings is 3. The van der Waals surface area contributed by atoms with Crippen LogP contribution in [-0.2, 0) is 6.42 Å². The zero-order chi connectivity index (χ0) is 14.4. The molecule has 0 atom stereocenters. The molecule has 0 N–H and O–H groups in total. The van der Waals surface area contributed by atoms with Gasteiger partial charge >= 0.3 is 0 Å². The van der Waals surface area contributed by atoms with Crippen LogP contribution in [0.3, 0.4) is 0 Å². The lowest BCUT2D eigenvalue weighted by Crippen LogP contribution is -1.87. The largest absolute Gasteiger partial charge is 0.0619 e. The SMILES string of the molecule is Cc1ccc(-c2ccc3c(c2)-c2ccccc2C3)c(C)c1. The first-order chi connectivity index (χ1) is 10.2. The van der Waals surface area contributed by atoms with Gasteiger partial charge in [0, 0.05) is 0 Å². The maximum absolute atomic E-state index is 2.36. The predicted octanol–water partition coefficient (Wildman–Crippen LogP) is 5.54. The third-order valence-electron chi connectivity index (χ3n) is 4.49. The van der Waals surface area contributed by atoms with Crippen molar-refractivity contribution < 1.29 is 0 Å². The molecule has 21 heavy (non-hydrogen) atoms. The van der Waals surface area contributed by atoms with Crippen LogP contribution >= 0.6 is 0 Å². The van der Waals surface area contributed by atoms with Gasteiger partial charge in [0.25, 0.3) is 0 Å². The Hall–Kier alpha value is -2.34. The van der Waals surface area contributed by atoms with E-state index in [9.17, 15) is 0 Å². The average Bonchev–Trinajstić information content (AvgIpc) is 2.85. The number of fused-ring (bicyclic) bond motifs is 3. The molecule has 102 valence electrons. The minimum absolute atomic E-state index is 1.07. The second-order valence-corrected chi connectivity index (χ2v) is 6.02. The Morgan fingerprint density at radius 3 is 2.33 bits per heavy atom. The molecular weight excluding hydrogens is 252 g/mol. The molecule has 1 aliphatic rings. The normalized spacial score (nSPS) is 12.1. The van der Waals surface area contributed by atoms with Crippen molar-refractivity contribution in [3.8, 4) is 22.3 Å². The van der Waals surface area contributed by atoms with Crippen LogP contribution in [0.1, 0.15) is 22.3 Å². The molecule has 0 spiro atoms. The summed E-state index contributed by atoms with van der Waals surface area (Å²) in [4.78, 5) is 0. The van der Waals surface area contributed by atoms with Crippen LogP contribution < -0.4 is 0 Å². The van der Waals surface area contributed by atoms with Crippen molar-refractivity contribution >= 4 is 0 Å². The van der Waals surface area contributed by atoms with E-state index in [1.807, 2.05) is 0 Å². The zero-order valence-electron chi connectivity index (χ0n) is 12.5. The standard InChI is InChI=1S/C21H18/c1-14-7-10-19(15(2)11-14)18-9-8-17-12-16-5-3-4-6-20(16)21(17)13-18/h3-11,13H,12H2,1-2H3. The Morgan fingerprint density at radius 1 is 0.667 bits per heavy atom. The van der Waals surface area contributed by atoms with Gasteiger partial charge in [0.1, 0.15) is 0 Å². The molecule has 0 nitrogen and oxygen atoms in total. The van der Waals surface area contributed by atoms with Gasteiger partial charge in [-0.25, -0.2) is 0 Å². The van der Waals surface area contributed by atoms with E-state index in [0.717, 1.165) is 6.42 Å². The van der Waals surface area contributed by atoms with Gasteiger partial charge in [0.2, 0.25) is 0 Å². The summed E-state index contributed by atoms with van der Waals surface area (Å²) in [5, 5.41) is 0. The lowest BCUT2D eigenvalue weighted by Gasteiger charge is -2.10. The molecule has 0 aromatic heterocycles. The van der Waals surface area contributed by atoms with Gasteiger partial charge in [-0.1, -0.05) is 60.2 Å². The molecule has 0 saturated carbocycles. The van der Waals surface area contributed by atoms with E-state index >= 15 is 0 Å². The summed E-state index contributed by atoms with van der Waals surface area (Å²) in [6.07, 6.45) is 1.07. The minimum Gasteiger partial charge on any atom is -0.0619 e. The molecule has 0 radical (unpaired) electrons. The van der Waals surface area contributed by atoms with Crippen LogP contribution in [0.25, 0.3) is 22.3 Å². The van der Waals surface area contributed by atoms with Crippen LogP contribution in [-0.4, -0.2) is 0 Å². The van der Waals surface area contributed by atoms with Crippen molar-refractivity contribution in [1.29, 1.82) is 0 Å². The molecule has 3 aromatic carbocycles. The van der Waals surface area contributed by atoms with Crippen molar-refractivity contribution in [2.24, 2.45) is 0 Å². The van der Waals surface area contributed by atoms with Crippen molar-refractivity contribution in [1.82, 2.24) is 0 Å². The zero-order valence-corrected chi connectivity index (χ0v) is 12.5. The third kappa shape index (κ3) is 1.99. The number of aryl methyl sites for hydroxylation is 2. The molecule has 3 aromatic rings. The Labute approximate surface area is 126 Å².